The van der Waals surface area contributed by atoms with Crippen LogP contribution in [-0.4, -0.2) is 43.3 Å². The molecule has 4 nitrogen and oxygen atoms in total. The first-order valence-electron chi connectivity index (χ1n) is 8.82. The van der Waals surface area contributed by atoms with Gasteiger partial charge in [-0.2, -0.15) is 0 Å². The van der Waals surface area contributed by atoms with Crippen molar-refractivity contribution in [3.63, 3.8) is 0 Å². The number of rotatable bonds is 5. The number of anilines is 1. The van der Waals surface area contributed by atoms with Crippen molar-refractivity contribution in [3.8, 4) is 11.1 Å². The van der Waals surface area contributed by atoms with E-state index in [1.165, 1.54) is 0 Å². The lowest BCUT2D eigenvalue weighted by Crippen LogP contribution is -2.35. The van der Waals surface area contributed by atoms with Crippen molar-refractivity contribution in [3.05, 3.63) is 65.3 Å². The molecule has 0 spiro atoms. The van der Waals surface area contributed by atoms with Crippen molar-refractivity contribution < 1.29 is 9.53 Å². The summed E-state index contributed by atoms with van der Waals surface area (Å²) in [6.07, 6.45) is 5.65. The topological polar surface area (TPSA) is 42.4 Å². The molecule has 0 amide bonds. The molecule has 0 N–H and O–H groups in total. The Morgan fingerprint density at radius 2 is 1.96 bits per heavy atom. The smallest absolute Gasteiger partial charge is 0.203 e. The van der Waals surface area contributed by atoms with Crippen LogP contribution in [0.5, 0.6) is 0 Å². The molecule has 3 heterocycles. The molecule has 6 heteroatoms. The van der Waals surface area contributed by atoms with Crippen LogP contribution in [-0.2, 0) is 4.74 Å². The summed E-state index contributed by atoms with van der Waals surface area (Å²) >= 11 is 3.24. The van der Waals surface area contributed by atoms with Crippen LogP contribution in [0.3, 0.4) is 0 Å². The number of ketones is 1. The molecule has 0 radical (unpaired) electrons. The molecule has 1 aromatic carbocycles. The fourth-order valence-electron chi connectivity index (χ4n) is 3.11. The number of carbonyl (C=O) groups excluding carboxylic acids is 1. The monoisotopic (exact) mass is 396 g/mol. The van der Waals surface area contributed by atoms with E-state index in [1.807, 2.05) is 54.9 Å². The number of carbonyl (C=O) groups is 1. The van der Waals surface area contributed by atoms with E-state index in [0.717, 1.165) is 44.6 Å². The van der Waals surface area contributed by atoms with E-state index in [9.17, 15) is 4.79 Å². The zero-order valence-corrected chi connectivity index (χ0v) is 16.7. The largest absolute Gasteiger partial charge is 0.378 e. The van der Waals surface area contributed by atoms with Gasteiger partial charge in [-0.3, -0.25) is 9.78 Å². The van der Waals surface area contributed by atoms with Gasteiger partial charge in [0.15, 0.2) is 0 Å². The third-order valence-corrected chi connectivity index (χ3v) is 6.50. The molecule has 1 fully saturated rings. The summed E-state index contributed by atoms with van der Waals surface area (Å²) in [6, 6.07) is 13.8. The molecule has 0 atom stereocenters. The van der Waals surface area contributed by atoms with Crippen molar-refractivity contribution in [1.82, 2.24) is 4.98 Å². The lowest BCUT2D eigenvalue weighted by atomic mass is 10.1. The van der Waals surface area contributed by atoms with E-state index in [2.05, 4.69) is 9.88 Å². The van der Waals surface area contributed by atoms with Crippen LogP contribution in [0.25, 0.3) is 11.1 Å². The predicted molar refractivity (Wildman–Crippen MR) is 112 cm³/mol. The Labute approximate surface area is 167 Å². The van der Waals surface area contributed by atoms with Gasteiger partial charge in [0.1, 0.15) is 0 Å². The van der Waals surface area contributed by atoms with E-state index in [4.69, 9.17) is 4.74 Å². The average Bonchev–Trinajstić information content (AvgIpc) is 3.20. The van der Waals surface area contributed by atoms with Crippen molar-refractivity contribution in [2.75, 3.05) is 37.5 Å². The van der Waals surface area contributed by atoms with Gasteiger partial charge in [-0.1, -0.05) is 6.07 Å². The molecule has 1 saturated heterocycles. The van der Waals surface area contributed by atoms with Gasteiger partial charge in [0.25, 0.3) is 0 Å². The molecule has 0 bridgehead atoms. The molecule has 1 aliphatic rings. The lowest BCUT2D eigenvalue weighted by Gasteiger charge is -2.28. The molecule has 138 valence electrons. The van der Waals surface area contributed by atoms with Gasteiger partial charge in [0.05, 0.1) is 23.1 Å². The molecule has 0 saturated carbocycles. The maximum absolute atomic E-state index is 13.1. The third-order valence-electron chi connectivity index (χ3n) is 4.56. The summed E-state index contributed by atoms with van der Waals surface area (Å²) in [6.45, 7) is 3.10. The number of nitrogens with zero attached hydrogens (tertiary/aromatic N) is 2. The van der Waals surface area contributed by atoms with E-state index in [-0.39, 0.29) is 5.78 Å². The van der Waals surface area contributed by atoms with Crippen LogP contribution < -0.4 is 4.90 Å². The Balaban J connectivity index is 1.72. The minimum Gasteiger partial charge on any atom is -0.378 e. The van der Waals surface area contributed by atoms with Crippen LogP contribution in [0.1, 0.15) is 15.2 Å². The first-order chi connectivity index (χ1) is 13.3. The van der Waals surface area contributed by atoms with Gasteiger partial charge >= 0.3 is 0 Å². The van der Waals surface area contributed by atoms with Gasteiger partial charge < -0.3 is 9.64 Å². The highest BCUT2D eigenvalue weighted by atomic mass is 32.2. The van der Waals surface area contributed by atoms with Crippen LogP contribution in [0.2, 0.25) is 0 Å². The SMILES string of the molecule is CSc1ccc(C(=O)c2cc(-c3cccnc3)c(N3CCOCC3)s2)cc1. The summed E-state index contributed by atoms with van der Waals surface area (Å²) in [5, 5.41) is 1.12. The number of thiophene rings is 1. The Morgan fingerprint density at radius 3 is 2.63 bits per heavy atom. The van der Waals surface area contributed by atoms with Crippen LogP contribution in [0.4, 0.5) is 5.00 Å². The molecule has 4 rings (SSSR count). The van der Waals surface area contributed by atoms with Gasteiger partial charge in [0.2, 0.25) is 5.78 Å². The first-order valence-corrected chi connectivity index (χ1v) is 10.9. The third kappa shape index (κ3) is 3.93. The maximum atomic E-state index is 13.1. The Hall–Kier alpha value is -2.15. The zero-order chi connectivity index (χ0) is 18.6. The molecule has 27 heavy (non-hydrogen) atoms. The zero-order valence-electron chi connectivity index (χ0n) is 15.1. The van der Waals surface area contributed by atoms with Crippen molar-refractivity contribution in [2.24, 2.45) is 0 Å². The van der Waals surface area contributed by atoms with Gasteiger partial charge in [0, 0.05) is 47.1 Å². The van der Waals surface area contributed by atoms with E-state index in [0.29, 0.717) is 13.2 Å². The number of aromatic nitrogens is 1. The molecular weight excluding hydrogens is 376 g/mol. The minimum atomic E-state index is 0.0669. The minimum absolute atomic E-state index is 0.0669. The quantitative estimate of drug-likeness (QED) is 0.466. The van der Waals surface area contributed by atoms with E-state index >= 15 is 0 Å². The number of benzene rings is 1. The second-order valence-corrected chi connectivity index (χ2v) is 8.14. The van der Waals surface area contributed by atoms with Crippen molar-refractivity contribution in [2.45, 2.75) is 4.90 Å². The highest BCUT2D eigenvalue weighted by Crippen LogP contribution is 2.40. The maximum Gasteiger partial charge on any atom is 0.203 e. The average molecular weight is 397 g/mol. The van der Waals surface area contributed by atoms with Crippen molar-refractivity contribution >= 4 is 33.9 Å². The summed E-state index contributed by atoms with van der Waals surface area (Å²) < 4.78 is 5.49. The Kier molecular flexibility index (Phi) is 5.57. The fourth-order valence-corrected chi connectivity index (χ4v) is 4.71. The highest BCUT2D eigenvalue weighted by Gasteiger charge is 2.22. The van der Waals surface area contributed by atoms with E-state index in [1.54, 1.807) is 29.3 Å². The molecular formula is C21H20N2O2S2. The van der Waals surface area contributed by atoms with Crippen molar-refractivity contribution in [1.29, 1.82) is 0 Å². The van der Waals surface area contributed by atoms with Gasteiger partial charge in [-0.15, -0.1) is 23.1 Å². The second-order valence-electron chi connectivity index (χ2n) is 6.23. The molecule has 0 aliphatic carbocycles. The molecule has 0 unspecified atom stereocenters. The number of morpholine rings is 1. The summed E-state index contributed by atoms with van der Waals surface area (Å²) in [5.74, 6) is 0.0669. The summed E-state index contributed by atoms with van der Waals surface area (Å²) in [4.78, 5) is 21.5. The number of pyridine rings is 1. The van der Waals surface area contributed by atoms with E-state index < -0.39 is 0 Å². The van der Waals surface area contributed by atoms with Crippen LogP contribution >= 0.6 is 23.1 Å². The number of ether oxygens (including phenoxy) is 1. The molecule has 1 aliphatic heterocycles. The standard InChI is InChI=1S/C21H20N2O2S2/c1-26-17-6-4-15(5-7-17)20(24)19-13-18(16-3-2-8-22-14-16)21(27-19)23-9-11-25-12-10-23/h2-8,13-14H,9-12H2,1H3. The normalized spacial score (nSPS) is 14.3. The number of thioether (sulfide) groups is 1. The first kappa shape index (κ1) is 18.2. The summed E-state index contributed by atoms with van der Waals surface area (Å²) in [5.41, 5.74) is 2.83. The van der Waals surface area contributed by atoms with Gasteiger partial charge in [-0.05, 0) is 42.7 Å². The van der Waals surface area contributed by atoms with Crippen LogP contribution in [0, 0.1) is 0 Å². The highest BCUT2D eigenvalue weighted by molar-refractivity contribution is 7.98. The Morgan fingerprint density at radius 1 is 1.19 bits per heavy atom. The molecule has 2 aromatic heterocycles. The number of hydrogen-bond donors (Lipinski definition) is 0. The predicted octanol–water partition coefficient (Wildman–Crippen LogP) is 4.60. The summed E-state index contributed by atoms with van der Waals surface area (Å²) in [7, 11) is 0. The lowest BCUT2D eigenvalue weighted by molar-refractivity contribution is 0.104. The van der Waals surface area contributed by atoms with Gasteiger partial charge in [-0.25, -0.2) is 0 Å². The fraction of sp³-hybridized carbons (Fsp3) is 0.238. The Bertz CT molecular complexity index is 917. The second kappa shape index (κ2) is 8.25. The molecule has 3 aromatic rings. The number of hydrogen-bond acceptors (Lipinski definition) is 6. The van der Waals surface area contributed by atoms with Crippen LogP contribution in [0.15, 0.2) is 59.8 Å².